The van der Waals surface area contributed by atoms with Gasteiger partial charge in [-0.1, -0.05) is 13.0 Å². The molecule has 0 saturated carbocycles. The van der Waals surface area contributed by atoms with Crippen molar-refractivity contribution in [1.29, 1.82) is 0 Å². The van der Waals surface area contributed by atoms with Crippen LogP contribution in [0.15, 0.2) is 42.7 Å². The number of ether oxygens (including phenoxy) is 1. The van der Waals surface area contributed by atoms with Gasteiger partial charge in [-0.25, -0.2) is 4.39 Å². The van der Waals surface area contributed by atoms with Crippen LogP contribution in [0.5, 0.6) is 5.75 Å². The number of halogens is 1. The highest BCUT2D eigenvalue weighted by molar-refractivity contribution is 5.38. The van der Waals surface area contributed by atoms with Gasteiger partial charge in [-0.15, -0.1) is 0 Å². The van der Waals surface area contributed by atoms with Gasteiger partial charge >= 0.3 is 0 Å². The number of pyridine rings is 1. The molecule has 1 N–H and O–H groups in total. The first-order valence-electron chi connectivity index (χ1n) is 6.05. The number of aliphatic hydroxyl groups is 1. The Bertz CT molecular complexity index is 545. The predicted molar refractivity (Wildman–Crippen MR) is 70.6 cm³/mol. The first kappa shape index (κ1) is 13.5. The van der Waals surface area contributed by atoms with Crippen molar-refractivity contribution >= 4 is 0 Å². The third kappa shape index (κ3) is 2.74. The Kier molecular flexibility index (Phi) is 4.12. The van der Waals surface area contributed by atoms with Crippen LogP contribution in [0.4, 0.5) is 4.39 Å². The van der Waals surface area contributed by atoms with E-state index < -0.39 is 11.9 Å². The minimum absolute atomic E-state index is 0.189. The van der Waals surface area contributed by atoms with Crippen LogP contribution in [0.1, 0.15) is 30.1 Å². The summed E-state index contributed by atoms with van der Waals surface area (Å²) in [6.07, 6.45) is 2.33. The van der Waals surface area contributed by atoms with Crippen LogP contribution in [0.25, 0.3) is 0 Å². The standard InChI is InChI=1S/C15H16FNO2/c1-10(11-6-8-17-9-7-11)15(18)14-12(16)4-3-5-13(14)19-2/h3-10,15,18H,1-2H3. The van der Waals surface area contributed by atoms with E-state index in [2.05, 4.69) is 4.98 Å². The van der Waals surface area contributed by atoms with Gasteiger partial charge in [-0.2, -0.15) is 0 Å². The molecule has 3 nitrogen and oxygen atoms in total. The van der Waals surface area contributed by atoms with Crippen molar-refractivity contribution in [2.24, 2.45) is 0 Å². The van der Waals surface area contributed by atoms with Crippen molar-refractivity contribution in [3.05, 3.63) is 59.7 Å². The van der Waals surface area contributed by atoms with Crippen LogP contribution < -0.4 is 4.74 Å². The lowest BCUT2D eigenvalue weighted by molar-refractivity contribution is 0.143. The molecule has 0 radical (unpaired) electrons. The first-order chi connectivity index (χ1) is 9.15. The Hall–Kier alpha value is -1.94. The highest BCUT2D eigenvalue weighted by Gasteiger charge is 2.24. The minimum atomic E-state index is -0.974. The molecule has 4 heteroatoms. The third-order valence-electron chi connectivity index (χ3n) is 3.23. The number of hydrogen-bond acceptors (Lipinski definition) is 3. The topological polar surface area (TPSA) is 42.4 Å². The number of aromatic nitrogens is 1. The highest BCUT2D eigenvalue weighted by Crippen LogP contribution is 2.36. The molecule has 2 unspecified atom stereocenters. The Morgan fingerprint density at radius 3 is 2.53 bits per heavy atom. The fourth-order valence-electron chi connectivity index (χ4n) is 2.08. The number of methoxy groups -OCH3 is 1. The smallest absolute Gasteiger partial charge is 0.132 e. The van der Waals surface area contributed by atoms with E-state index in [-0.39, 0.29) is 11.5 Å². The SMILES string of the molecule is COc1cccc(F)c1C(O)C(C)c1ccncc1. The molecule has 0 aliphatic heterocycles. The molecule has 0 amide bonds. The predicted octanol–water partition coefficient (Wildman–Crippen LogP) is 3.07. The molecule has 2 rings (SSSR count). The average Bonchev–Trinajstić information content (AvgIpc) is 2.46. The molecule has 19 heavy (non-hydrogen) atoms. The molecular weight excluding hydrogens is 245 g/mol. The lowest BCUT2D eigenvalue weighted by Crippen LogP contribution is -2.11. The maximum Gasteiger partial charge on any atom is 0.132 e. The maximum atomic E-state index is 13.9. The van der Waals surface area contributed by atoms with Crippen LogP contribution in [0, 0.1) is 5.82 Å². The Balaban J connectivity index is 2.37. The molecule has 0 aliphatic rings. The fourth-order valence-corrected chi connectivity index (χ4v) is 2.08. The summed E-state index contributed by atoms with van der Waals surface area (Å²) in [4.78, 5) is 3.93. The van der Waals surface area contributed by atoms with Gasteiger partial charge in [0, 0.05) is 18.3 Å². The molecule has 1 heterocycles. The van der Waals surface area contributed by atoms with Gasteiger partial charge < -0.3 is 9.84 Å². The second kappa shape index (κ2) is 5.80. The van der Waals surface area contributed by atoms with E-state index in [9.17, 15) is 9.50 Å². The fraction of sp³-hybridized carbons (Fsp3) is 0.267. The highest BCUT2D eigenvalue weighted by atomic mass is 19.1. The van der Waals surface area contributed by atoms with E-state index in [0.717, 1.165) is 5.56 Å². The largest absolute Gasteiger partial charge is 0.496 e. The lowest BCUT2D eigenvalue weighted by atomic mass is 9.90. The van der Waals surface area contributed by atoms with Crippen molar-refractivity contribution < 1.29 is 14.2 Å². The van der Waals surface area contributed by atoms with E-state index in [1.54, 1.807) is 36.7 Å². The molecule has 100 valence electrons. The summed E-state index contributed by atoms with van der Waals surface area (Å²) in [6, 6.07) is 8.13. The number of rotatable bonds is 4. The van der Waals surface area contributed by atoms with E-state index in [0.29, 0.717) is 5.75 Å². The summed E-state index contributed by atoms with van der Waals surface area (Å²) in [5, 5.41) is 10.4. The second-order valence-corrected chi connectivity index (χ2v) is 4.37. The van der Waals surface area contributed by atoms with E-state index >= 15 is 0 Å². The monoisotopic (exact) mass is 261 g/mol. The molecule has 0 aliphatic carbocycles. The van der Waals surface area contributed by atoms with Crippen molar-refractivity contribution in [3.8, 4) is 5.75 Å². The van der Waals surface area contributed by atoms with Crippen LogP contribution in [-0.4, -0.2) is 17.2 Å². The average molecular weight is 261 g/mol. The zero-order chi connectivity index (χ0) is 13.8. The molecule has 0 fully saturated rings. The summed E-state index contributed by atoms with van der Waals surface area (Å²) in [6.45, 7) is 1.84. The van der Waals surface area contributed by atoms with Crippen LogP contribution in [0.3, 0.4) is 0 Å². The number of hydrogen-bond donors (Lipinski definition) is 1. The summed E-state index contributed by atoms with van der Waals surface area (Å²) >= 11 is 0. The van der Waals surface area contributed by atoms with Crippen LogP contribution in [0.2, 0.25) is 0 Å². The van der Waals surface area contributed by atoms with Crippen molar-refractivity contribution in [3.63, 3.8) is 0 Å². The Labute approximate surface area is 111 Å². The summed E-state index contributed by atoms with van der Waals surface area (Å²) in [5.41, 5.74) is 1.09. The minimum Gasteiger partial charge on any atom is -0.496 e. The number of benzene rings is 1. The van der Waals surface area contributed by atoms with Gasteiger partial charge in [0.25, 0.3) is 0 Å². The van der Waals surface area contributed by atoms with Gasteiger partial charge in [-0.3, -0.25) is 4.98 Å². The summed E-state index contributed by atoms with van der Waals surface area (Å²) < 4.78 is 19.0. The zero-order valence-corrected chi connectivity index (χ0v) is 10.9. The molecule has 2 atom stereocenters. The normalized spacial score (nSPS) is 13.9. The van der Waals surface area contributed by atoms with E-state index in [1.165, 1.54) is 13.2 Å². The quantitative estimate of drug-likeness (QED) is 0.919. The molecule has 1 aromatic heterocycles. The Morgan fingerprint density at radius 2 is 1.89 bits per heavy atom. The van der Waals surface area contributed by atoms with Crippen molar-refractivity contribution in [2.45, 2.75) is 18.9 Å². The second-order valence-electron chi connectivity index (χ2n) is 4.37. The van der Waals surface area contributed by atoms with Gasteiger partial charge in [0.15, 0.2) is 0 Å². The van der Waals surface area contributed by atoms with Crippen molar-refractivity contribution in [2.75, 3.05) is 7.11 Å². The number of aliphatic hydroxyl groups excluding tert-OH is 1. The Morgan fingerprint density at radius 1 is 1.21 bits per heavy atom. The summed E-state index contributed by atoms with van der Waals surface area (Å²) in [7, 11) is 1.46. The van der Waals surface area contributed by atoms with E-state index in [4.69, 9.17) is 4.74 Å². The van der Waals surface area contributed by atoms with E-state index in [1.807, 2.05) is 6.92 Å². The lowest BCUT2D eigenvalue weighted by Gasteiger charge is -2.21. The van der Waals surface area contributed by atoms with Gasteiger partial charge in [0.05, 0.1) is 18.8 Å². The molecule has 0 spiro atoms. The molecule has 1 aromatic carbocycles. The third-order valence-corrected chi connectivity index (χ3v) is 3.23. The molecular formula is C15H16FNO2. The zero-order valence-electron chi connectivity index (χ0n) is 10.9. The molecule has 0 bridgehead atoms. The van der Waals surface area contributed by atoms with Gasteiger partial charge in [0.2, 0.25) is 0 Å². The maximum absolute atomic E-state index is 13.9. The van der Waals surface area contributed by atoms with Crippen LogP contribution >= 0.6 is 0 Å². The summed E-state index contributed by atoms with van der Waals surface area (Å²) in [5.74, 6) is -0.366. The molecule has 0 saturated heterocycles. The van der Waals surface area contributed by atoms with Gasteiger partial charge in [0.1, 0.15) is 11.6 Å². The molecule has 2 aromatic rings. The van der Waals surface area contributed by atoms with Crippen LogP contribution in [-0.2, 0) is 0 Å². The number of nitrogens with zero attached hydrogens (tertiary/aromatic N) is 1. The van der Waals surface area contributed by atoms with Gasteiger partial charge in [-0.05, 0) is 29.8 Å². The first-order valence-corrected chi connectivity index (χ1v) is 6.05. The van der Waals surface area contributed by atoms with Crippen molar-refractivity contribution in [1.82, 2.24) is 4.98 Å².